The highest BCUT2D eigenvalue weighted by atomic mass is 127. The molecular weight excluding hydrogens is 446 g/mol. The number of carbonyl (C=O) groups is 1. The Balaban J connectivity index is 0.00000338. The predicted molar refractivity (Wildman–Crippen MR) is 114 cm³/mol. The van der Waals surface area contributed by atoms with Crippen molar-refractivity contribution in [1.29, 1.82) is 0 Å². The first-order chi connectivity index (χ1) is 12.1. The minimum atomic E-state index is -0.388. The van der Waals surface area contributed by atoms with Gasteiger partial charge < -0.3 is 16.4 Å². The summed E-state index contributed by atoms with van der Waals surface area (Å²) < 4.78 is 13.5. The van der Waals surface area contributed by atoms with Gasteiger partial charge in [-0.2, -0.15) is 0 Å². The topological polar surface area (TPSA) is 79.5 Å². The van der Waals surface area contributed by atoms with Gasteiger partial charge in [0, 0.05) is 25.2 Å². The van der Waals surface area contributed by atoms with Crippen molar-refractivity contribution in [3.8, 4) is 0 Å². The van der Waals surface area contributed by atoms with Gasteiger partial charge in [-0.3, -0.25) is 9.79 Å². The van der Waals surface area contributed by atoms with E-state index in [1.54, 1.807) is 19.1 Å². The lowest BCUT2D eigenvalue weighted by molar-refractivity contribution is 0.0954. The van der Waals surface area contributed by atoms with Crippen molar-refractivity contribution in [1.82, 2.24) is 10.6 Å². The van der Waals surface area contributed by atoms with Crippen molar-refractivity contribution in [2.24, 2.45) is 10.7 Å². The molecule has 0 aliphatic carbocycles. The Labute approximate surface area is 170 Å². The third kappa shape index (κ3) is 7.38. The number of nitrogens with two attached hydrogens (primary N) is 1. The molecule has 0 saturated carbocycles. The van der Waals surface area contributed by atoms with Crippen molar-refractivity contribution in [2.75, 3.05) is 19.6 Å². The van der Waals surface area contributed by atoms with Gasteiger partial charge in [0.05, 0.1) is 0 Å². The third-order valence-electron chi connectivity index (χ3n) is 3.68. The van der Waals surface area contributed by atoms with Crippen LogP contribution in [0.1, 0.15) is 21.5 Å². The molecule has 0 aliphatic rings. The number of hydrogen-bond donors (Lipinski definition) is 3. The second-order valence-corrected chi connectivity index (χ2v) is 5.65. The lowest BCUT2D eigenvalue weighted by Gasteiger charge is -2.08. The molecule has 0 aliphatic heterocycles. The molecule has 0 aromatic heterocycles. The quantitative estimate of drug-likeness (QED) is 0.252. The van der Waals surface area contributed by atoms with Crippen LogP contribution in [0.3, 0.4) is 0 Å². The van der Waals surface area contributed by atoms with E-state index in [-0.39, 0.29) is 35.7 Å². The first-order valence-electron chi connectivity index (χ1n) is 8.18. The largest absolute Gasteiger partial charge is 0.370 e. The first-order valence-corrected chi connectivity index (χ1v) is 8.18. The van der Waals surface area contributed by atoms with Crippen molar-refractivity contribution in [3.05, 3.63) is 71.0 Å². The SMILES string of the molecule is Cc1ccc(C(=O)NCCNC(N)=NCCc2ccccc2)cc1F.I. The molecule has 140 valence electrons. The number of nitrogens with one attached hydrogen (secondary N) is 2. The van der Waals surface area contributed by atoms with Gasteiger partial charge in [-0.05, 0) is 36.6 Å². The average molecular weight is 470 g/mol. The number of aryl methyl sites for hydroxylation is 1. The highest BCUT2D eigenvalue weighted by Gasteiger charge is 2.07. The zero-order valence-corrected chi connectivity index (χ0v) is 17.0. The van der Waals surface area contributed by atoms with Crippen LogP contribution in [-0.4, -0.2) is 31.5 Å². The van der Waals surface area contributed by atoms with Crippen LogP contribution in [0.25, 0.3) is 0 Å². The average Bonchev–Trinajstić information content (AvgIpc) is 2.62. The molecule has 0 heterocycles. The van der Waals surface area contributed by atoms with Crippen molar-refractivity contribution in [3.63, 3.8) is 0 Å². The summed E-state index contributed by atoms with van der Waals surface area (Å²) in [7, 11) is 0. The molecule has 0 spiro atoms. The van der Waals surface area contributed by atoms with Crippen LogP contribution in [0, 0.1) is 12.7 Å². The fourth-order valence-corrected chi connectivity index (χ4v) is 2.21. The van der Waals surface area contributed by atoms with Gasteiger partial charge in [0.15, 0.2) is 5.96 Å². The Hall–Kier alpha value is -2.16. The Morgan fingerprint density at radius 3 is 2.50 bits per heavy atom. The zero-order valence-electron chi connectivity index (χ0n) is 14.7. The van der Waals surface area contributed by atoms with E-state index in [1.165, 1.54) is 11.6 Å². The van der Waals surface area contributed by atoms with Crippen LogP contribution in [0.4, 0.5) is 4.39 Å². The van der Waals surface area contributed by atoms with Crippen LogP contribution < -0.4 is 16.4 Å². The van der Waals surface area contributed by atoms with E-state index in [2.05, 4.69) is 15.6 Å². The highest BCUT2D eigenvalue weighted by molar-refractivity contribution is 14.0. The molecule has 0 radical (unpaired) electrons. The number of nitrogens with zero attached hydrogens (tertiary/aromatic N) is 1. The number of benzene rings is 2. The van der Waals surface area contributed by atoms with Gasteiger partial charge in [-0.25, -0.2) is 4.39 Å². The Morgan fingerprint density at radius 1 is 1.12 bits per heavy atom. The molecule has 26 heavy (non-hydrogen) atoms. The number of aliphatic imine (C=N–C) groups is 1. The summed E-state index contributed by atoms with van der Waals surface area (Å²) in [4.78, 5) is 16.2. The molecule has 2 aromatic carbocycles. The summed E-state index contributed by atoms with van der Waals surface area (Å²) >= 11 is 0. The number of guanidine groups is 1. The molecule has 5 nitrogen and oxygen atoms in total. The van der Waals surface area contributed by atoms with Crippen LogP contribution in [0.5, 0.6) is 0 Å². The maximum absolute atomic E-state index is 13.5. The normalized spacial score (nSPS) is 10.8. The molecule has 2 rings (SSSR count). The molecule has 0 atom stereocenters. The van der Waals surface area contributed by atoms with E-state index >= 15 is 0 Å². The second kappa shape index (κ2) is 11.5. The van der Waals surface area contributed by atoms with Gasteiger partial charge in [-0.1, -0.05) is 36.4 Å². The Kier molecular flexibility index (Phi) is 9.64. The number of halogens is 2. The highest BCUT2D eigenvalue weighted by Crippen LogP contribution is 2.08. The summed E-state index contributed by atoms with van der Waals surface area (Å²) in [6.07, 6.45) is 0.818. The van der Waals surface area contributed by atoms with E-state index < -0.39 is 0 Å². The summed E-state index contributed by atoms with van der Waals surface area (Å²) in [5, 5.41) is 5.64. The van der Waals surface area contributed by atoms with E-state index in [1.807, 2.05) is 30.3 Å². The number of rotatable bonds is 7. The van der Waals surface area contributed by atoms with Crippen molar-refractivity contribution < 1.29 is 9.18 Å². The lowest BCUT2D eigenvalue weighted by Crippen LogP contribution is -2.38. The van der Waals surface area contributed by atoms with E-state index in [9.17, 15) is 9.18 Å². The maximum Gasteiger partial charge on any atom is 0.251 e. The zero-order chi connectivity index (χ0) is 18.1. The van der Waals surface area contributed by atoms with E-state index in [4.69, 9.17) is 5.73 Å². The maximum atomic E-state index is 13.5. The van der Waals surface area contributed by atoms with Crippen LogP contribution in [0.15, 0.2) is 53.5 Å². The Morgan fingerprint density at radius 2 is 1.81 bits per heavy atom. The standard InChI is InChI=1S/C19H23FN4O.HI/c1-14-7-8-16(13-17(14)20)18(25)22-11-12-24-19(21)23-10-9-15-5-3-2-4-6-15;/h2-8,13H,9-12H2,1H3,(H,22,25)(H3,21,23,24);1H. The molecule has 2 aromatic rings. The molecule has 4 N–H and O–H groups in total. The molecule has 0 bridgehead atoms. The fourth-order valence-electron chi connectivity index (χ4n) is 2.21. The van der Waals surface area contributed by atoms with Crippen molar-refractivity contribution in [2.45, 2.75) is 13.3 Å². The third-order valence-corrected chi connectivity index (χ3v) is 3.68. The summed E-state index contributed by atoms with van der Waals surface area (Å²) in [5.41, 5.74) is 7.79. The van der Waals surface area contributed by atoms with Crippen molar-refractivity contribution >= 4 is 35.8 Å². The Bertz CT molecular complexity index is 738. The van der Waals surface area contributed by atoms with Crippen LogP contribution in [0.2, 0.25) is 0 Å². The van der Waals surface area contributed by atoms with Crippen LogP contribution >= 0.6 is 24.0 Å². The first kappa shape index (κ1) is 21.9. The molecule has 1 amide bonds. The monoisotopic (exact) mass is 470 g/mol. The van der Waals surface area contributed by atoms with Gasteiger partial charge in [0.1, 0.15) is 5.82 Å². The molecule has 0 unspecified atom stereocenters. The number of carbonyl (C=O) groups excluding carboxylic acids is 1. The van der Waals surface area contributed by atoms with E-state index in [0.717, 1.165) is 6.42 Å². The fraction of sp³-hybridized carbons (Fsp3) is 0.263. The van der Waals surface area contributed by atoms with Gasteiger partial charge >= 0.3 is 0 Å². The smallest absolute Gasteiger partial charge is 0.251 e. The van der Waals surface area contributed by atoms with Crippen LogP contribution in [-0.2, 0) is 6.42 Å². The molecule has 0 fully saturated rings. The molecule has 0 saturated heterocycles. The van der Waals surface area contributed by atoms with Gasteiger partial charge in [0.2, 0.25) is 0 Å². The number of hydrogen-bond acceptors (Lipinski definition) is 2. The second-order valence-electron chi connectivity index (χ2n) is 5.65. The van der Waals surface area contributed by atoms with Gasteiger partial charge in [-0.15, -0.1) is 24.0 Å². The summed E-state index contributed by atoms with van der Waals surface area (Å²) in [6, 6.07) is 14.5. The summed E-state index contributed by atoms with van der Waals surface area (Å²) in [6.45, 7) is 3.06. The number of amides is 1. The summed E-state index contributed by atoms with van der Waals surface area (Å²) in [5.74, 6) is -0.368. The minimum absolute atomic E-state index is 0. The van der Waals surface area contributed by atoms with Gasteiger partial charge in [0.25, 0.3) is 5.91 Å². The predicted octanol–water partition coefficient (Wildman–Crippen LogP) is 2.63. The van der Waals surface area contributed by atoms with E-state index in [0.29, 0.717) is 36.7 Å². The molecule has 7 heteroatoms. The molecular formula is C19H24FIN4O. The lowest BCUT2D eigenvalue weighted by atomic mass is 10.1. The minimum Gasteiger partial charge on any atom is -0.370 e.